The van der Waals surface area contributed by atoms with Gasteiger partial charge in [-0.1, -0.05) is 34.8 Å². The molecule has 2 aromatic rings. The summed E-state index contributed by atoms with van der Waals surface area (Å²) >= 11 is 18.9. The van der Waals surface area contributed by atoms with Gasteiger partial charge in [0.2, 0.25) is 0 Å². The first-order valence-corrected chi connectivity index (χ1v) is 10.1. The molecule has 0 unspecified atom stereocenters. The van der Waals surface area contributed by atoms with E-state index in [0.717, 1.165) is 9.78 Å². The van der Waals surface area contributed by atoms with Gasteiger partial charge in [-0.2, -0.15) is 0 Å². The molecule has 11 heteroatoms. The maximum Gasteiger partial charge on any atom is 0.326 e. The maximum absolute atomic E-state index is 12.4. The quantitative estimate of drug-likeness (QED) is 0.472. The Kier molecular flexibility index (Phi) is 6.48. The molecule has 1 aromatic heterocycles. The van der Waals surface area contributed by atoms with Crippen LogP contribution in [0, 0.1) is 0 Å². The second kappa shape index (κ2) is 8.71. The first-order valence-electron chi connectivity index (χ1n) is 8.16. The molecule has 1 aliphatic heterocycles. The smallest absolute Gasteiger partial charge is 0.326 e. The van der Waals surface area contributed by atoms with E-state index in [0.29, 0.717) is 10.9 Å². The summed E-state index contributed by atoms with van der Waals surface area (Å²) in [5, 5.41) is 0.244. The number of esters is 1. The number of hydrogen-bond acceptors (Lipinski definition) is 6. The van der Waals surface area contributed by atoms with Gasteiger partial charge >= 0.3 is 5.97 Å². The Morgan fingerprint density at radius 3 is 2.17 bits per heavy atom. The van der Waals surface area contributed by atoms with Crippen LogP contribution >= 0.6 is 46.1 Å². The van der Waals surface area contributed by atoms with Gasteiger partial charge in [0.15, 0.2) is 6.61 Å². The fraction of sp³-hybridized carbons (Fsp3) is 0.222. The van der Waals surface area contributed by atoms with E-state index in [1.165, 1.54) is 28.4 Å². The highest BCUT2D eigenvalue weighted by molar-refractivity contribution is 7.16. The summed E-state index contributed by atoms with van der Waals surface area (Å²) < 4.78 is 5.53. The average molecular weight is 476 g/mol. The van der Waals surface area contributed by atoms with Crippen LogP contribution in [-0.2, 0) is 20.9 Å². The SMILES string of the molecule is CN(Cc1ccc(Cl)s1)C(=O)COC(=O)CN1C(=O)c2cc(Cl)c(Cl)cc2C1=O. The number of carbonyl (C=O) groups is 4. The zero-order valence-electron chi connectivity index (χ0n) is 14.9. The molecule has 0 saturated carbocycles. The number of fused-ring (bicyclic) bond motifs is 1. The highest BCUT2D eigenvalue weighted by atomic mass is 35.5. The molecule has 0 N–H and O–H groups in total. The summed E-state index contributed by atoms with van der Waals surface area (Å²) in [6, 6.07) is 6.08. The zero-order chi connectivity index (χ0) is 21.3. The first kappa shape index (κ1) is 21.6. The highest BCUT2D eigenvalue weighted by Crippen LogP contribution is 2.31. The lowest BCUT2D eigenvalue weighted by molar-refractivity contribution is -0.151. The lowest BCUT2D eigenvalue weighted by atomic mass is 10.1. The predicted molar refractivity (Wildman–Crippen MR) is 109 cm³/mol. The number of amides is 3. The van der Waals surface area contributed by atoms with Crippen LogP contribution in [0.4, 0.5) is 0 Å². The number of rotatable bonds is 6. The number of likely N-dealkylation sites (N-methyl/N-ethyl adjacent to an activating group) is 1. The molecule has 7 nitrogen and oxygen atoms in total. The molecule has 0 saturated heterocycles. The number of nitrogens with zero attached hydrogens (tertiary/aromatic N) is 2. The predicted octanol–water partition coefficient (Wildman–Crippen LogP) is 3.51. The molecule has 0 radical (unpaired) electrons. The van der Waals surface area contributed by atoms with Crippen molar-refractivity contribution in [1.82, 2.24) is 9.80 Å². The van der Waals surface area contributed by atoms with Crippen LogP contribution in [0.25, 0.3) is 0 Å². The van der Waals surface area contributed by atoms with Gasteiger partial charge in [-0.05, 0) is 24.3 Å². The molecule has 0 aliphatic carbocycles. The summed E-state index contributed by atoms with van der Waals surface area (Å²) in [6.45, 7) is -0.831. The van der Waals surface area contributed by atoms with E-state index in [4.69, 9.17) is 39.5 Å². The minimum atomic E-state index is -0.891. The van der Waals surface area contributed by atoms with Gasteiger partial charge in [0.25, 0.3) is 17.7 Å². The number of halogens is 3. The van der Waals surface area contributed by atoms with Gasteiger partial charge in [-0.3, -0.25) is 24.1 Å². The number of benzene rings is 1. The Bertz CT molecular complexity index is 982. The van der Waals surface area contributed by atoms with E-state index >= 15 is 0 Å². The Morgan fingerprint density at radius 2 is 1.66 bits per heavy atom. The minimum Gasteiger partial charge on any atom is -0.454 e. The number of thiophene rings is 1. The van der Waals surface area contributed by atoms with Crippen molar-refractivity contribution < 1.29 is 23.9 Å². The average Bonchev–Trinajstić information content (AvgIpc) is 3.17. The largest absolute Gasteiger partial charge is 0.454 e. The molecule has 1 aromatic carbocycles. The van der Waals surface area contributed by atoms with Gasteiger partial charge in [-0.25, -0.2) is 0 Å². The van der Waals surface area contributed by atoms with Crippen LogP contribution in [0.1, 0.15) is 25.6 Å². The van der Waals surface area contributed by atoms with Crippen LogP contribution in [0.2, 0.25) is 14.4 Å². The van der Waals surface area contributed by atoms with Crippen molar-refractivity contribution in [2.75, 3.05) is 20.2 Å². The highest BCUT2D eigenvalue weighted by Gasteiger charge is 2.37. The van der Waals surface area contributed by atoms with Crippen molar-refractivity contribution in [3.05, 3.63) is 54.7 Å². The summed E-state index contributed by atoms with van der Waals surface area (Å²) in [5.74, 6) is -2.70. The standard InChI is InChI=1S/C18H13Cl3N2O5S/c1-22(6-9-2-3-14(21)29-9)15(24)8-28-16(25)7-23-17(26)10-4-12(19)13(20)5-11(10)18(23)27/h2-5H,6-8H2,1H3. The number of imide groups is 1. The van der Waals surface area contributed by atoms with Crippen LogP contribution in [0.3, 0.4) is 0 Å². The lowest BCUT2D eigenvalue weighted by Gasteiger charge is -2.17. The van der Waals surface area contributed by atoms with Crippen LogP contribution in [-0.4, -0.2) is 53.7 Å². The zero-order valence-corrected chi connectivity index (χ0v) is 18.0. The normalized spacial score (nSPS) is 12.9. The van der Waals surface area contributed by atoms with E-state index in [9.17, 15) is 19.2 Å². The molecular weight excluding hydrogens is 463 g/mol. The van der Waals surface area contributed by atoms with Crippen molar-refractivity contribution in [3.63, 3.8) is 0 Å². The molecule has 0 fully saturated rings. The summed E-state index contributed by atoms with van der Waals surface area (Å²) in [5.41, 5.74) is 0.116. The second-order valence-corrected chi connectivity index (χ2v) is 8.74. The third kappa shape index (κ3) is 4.72. The Labute approximate surface area is 184 Å². The van der Waals surface area contributed by atoms with Crippen molar-refractivity contribution in [1.29, 1.82) is 0 Å². The fourth-order valence-corrected chi connectivity index (χ4v) is 4.08. The molecule has 3 amide bonds. The molecule has 3 rings (SSSR count). The monoisotopic (exact) mass is 474 g/mol. The molecule has 2 heterocycles. The molecule has 0 bridgehead atoms. The molecule has 0 atom stereocenters. The first-order chi connectivity index (χ1) is 13.7. The van der Waals surface area contributed by atoms with Gasteiger partial charge in [0.1, 0.15) is 6.54 Å². The Hall–Kier alpha value is -2.13. The van der Waals surface area contributed by atoms with Gasteiger partial charge in [-0.15, -0.1) is 11.3 Å². The van der Waals surface area contributed by atoms with Crippen molar-refractivity contribution in [2.45, 2.75) is 6.54 Å². The summed E-state index contributed by atoms with van der Waals surface area (Å²) in [4.78, 5) is 51.9. The fourth-order valence-electron chi connectivity index (χ4n) is 2.61. The molecule has 0 spiro atoms. The minimum absolute atomic E-state index is 0.0580. The van der Waals surface area contributed by atoms with Gasteiger partial charge in [0.05, 0.1) is 32.1 Å². The number of carbonyl (C=O) groups excluding carboxylic acids is 4. The summed E-state index contributed by atoms with van der Waals surface area (Å²) in [7, 11) is 1.56. The van der Waals surface area contributed by atoms with E-state index < -0.39 is 36.8 Å². The number of hydrogen-bond donors (Lipinski definition) is 0. The number of ether oxygens (including phenoxy) is 1. The van der Waals surface area contributed by atoms with Crippen LogP contribution in [0.15, 0.2) is 24.3 Å². The van der Waals surface area contributed by atoms with Gasteiger partial charge in [0, 0.05) is 11.9 Å². The van der Waals surface area contributed by atoms with E-state index in [1.54, 1.807) is 19.2 Å². The maximum atomic E-state index is 12.4. The second-order valence-electron chi connectivity index (χ2n) is 6.12. The third-order valence-corrected chi connectivity index (χ3v) is 6.04. The van der Waals surface area contributed by atoms with Crippen LogP contribution in [0.5, 0.6) is 0 Å². The van der Waals surface area contributed by atoms with E-state index in [1.807, 2.05) is 0 Å². The third-order valence-electron chi connectivity index (χ3n) is 4.10. The van der Waals surface area contributed by atoms with Crippen molar-refractivity contribution in [2.24, 2.45) is 0 Å². The molecular formula is C18H13Cl3N2O5S. The van der Waals surface area contributed by atoms with Crippen molar-refractivity contribution >= 4 is 69.8 Å². The van der Waals surface area contributed by atoms with E-state index in [2.05, 4.69) is 0 Å². The van der Waals surface area contributed by atoms with Gasteiger partial charge < -0.3 is 9.64 Å². The molecule has 152 valence electrons. The molecule has 1 aliphatic rings. The molecule has 29 heavy (non-hydrogen) atoms. The van der Waals surface area contributed by atoms with E-state index in [-0.39, 0.29) is 21.2 Å². The van der Waals surface area contributed by atoms with Crippen LogP contribution < -0.4 is 0 Å². The topological polar surface area (TPSA) is 84.0 Å². The Balaban J connectivity index is 1.55. The van der Waals surface area contributed by atoms with Crippen molar-refractivity contribution in [3.8, 4) is 0 Å². The lowest BCUT2D eigenvalue weighted by Crippen LogP contribution is -2.37. The summed E-state index contributed by atoms with van der Waals surface area (Å²) in [6.07, 6.45) is 0. The Morgan fingerprint density at radius 1 is 1.07 bits per heavy atom.